The minimum absolute atomic E-state index is 0.105. The molecule has 9 heteroatoms. The van der Waals surface area contributed by atoms with Crippen molar-refractivity contribution in [2.75, 3.05) is 13.1 Å². The summed E-state index contributed by atoms with van der Waals surface area (Å²) in [6.45, 7) is 1.40. The van der Waals surface area contributed by atoms with Gasteiger partial charge in [0.1, 0.15) is 6.04 Å². The molecule has 0 bridgehead atoms. The van der Waals surface area contributed by atoms with Crippen LogP contribution < -0.4 is 5.32 Å². The van der Waals surface area contributed by atoms with Crippen molar-refractivity contribution in [3.8, 4) is 0 Å². The molecule has 1 unspecified atom stereocenters. The van der Waals surface area contributed by atoms with Crippen LogP contribution >= 0.6 is 0 Å². The van der Waals surface area contributed by atoms with Crippen molar-refractivity contribution in [1.29, 1.82) is 0 Å². The van der Waals surface area contributed by atoms with E-state index in [4.69, 9.17) is 5.11 Å². The molecule has 4 amide bonds. The number of amides is 4. The molecule has 1 atom stereocenters. The van der Waals surface area contributed by atoms with Crippen LogP contribution in [0.1, 0.15) is 64.8 Å². The van der Waals surface area contributed by atoms with Crippen molar-refractivity contribution in [1.82, 2.24) is 15.1 Å². The Hall–Kier alpha value is -3.23. The number of benzene rings is 1. The first-order valence-corrected chi connectivity index (χ1v) is 10.6. The number of carboxylic acids is 1. The second-order valence-electron chi connectivity index (χ2n) is 8.44. The maximum absolute atomic E-state index is 13.0. The zero-order valence-corrected chi connectivity index (χ0v) is 17.1. The number of fused-ring (bicyclic) bond motifs is 1. The van der Waals surface area contributed by atoms with E-state index in [0.29, 0.717) is 48.5 Å². The highest BCUT2D eigenvalue weighted by atomic mass is 16.4. The molecular weight excluding hydrogens is 402 g/mol. The van der Waals surface area contributed by atoms with Crippen LogP contribution in [-0.4, -0.2) is 63.6 Å². The molecule has 1 aromatic rings. The van der Waals surface area contributed by atoms with E-state index >= 15 is 0 Å². The topological polar surface area (TPSA) is 124 Å². The van der Waals surface area contributed by atoms with Gasteiger partial charge < -0.3 is 14.9 Å². The molecule has 0 aliphatic carbocycles. The summed E-state index contributed by atoms with van der Waals surface area (Å²) in [6.07, 6.45) is 2.85. The third kappa shape index (κ3) is 4.30. The normalized spacial score (nSPS) is 21.8. The van der Waals surface area contributed by atoms with Gasteiger partial charge in [-0.05, 0) is 55.4 Å². The molecule has 3 aliphatic rings. The Morgan fingerprint density at radius 3 is 2.52 bits per heavy atom. The summed E-state index contributed by atoms with van der Waals surface area (Å²) in [6, 6.07) is 4.32. The third-order valence-electron chi connectivity index (χ3n) is 6.44. The van der Waals surface area contributed by atoms with Crippen LogP contribution in [0, 0.1) is 5.92 Å². The van der Waals surface area contributed by atoms with Crippen molar-refractivity contribution in [3.63, 3.8) is 0 Å². The summed E-state index contributed by atoms with van der Waals surface area (Å²) in [7, 11) is 0. The number of carbonyl (C=O) groups excluding carboxylic acids is 4. The van der Waals surface area contributed by atoms with Crippen LogP contribution in [0.2, 0.25) is 0 Å². The quantitative estimate of drug-likeness (QED) is 0.680. The Bertz CT molecular complexity index is 951. The van der Waals surface area contributed by atoms with E-state index in [2.05, 4.69) is 5.32 Å². The van der Waals surface area contributed by atoms with Gasteiger partial charge in [0.2, 0.25) is 11.8 Å². The molecule has 31 heavy (non-hydrogen) atoms. The summed E-state index contributed by atoms with van der Waals surface area (Å²) < 4.78 is 0. The van der Waals surface area contributed by atoms with Gasteiger partial charge in [0.25, 0.3) is 11.8 Å². The first-order valence-electron chi connectivity index (χ1n) is 10.6. The predicted molar refractivity (Wildman–Crippen MR) is 108 cm³/mol. The van der Waals surface area contributed by atoms with Crippen molar-refractivity contribution in [3.05, 3.63) is 34.9 Å². The van der Waals surface area contributed by atoms with E-state index in [1.807, 2.05) is 0 Å². The van der Waals surface area contributed by atoms with Crippen LogP contribution in [0.4, 0.5) is 0 Å². The summed E-state index contributed by atoms with van der Waals surface area (Å²) in [5.74, 6) is -1.63. The Kier molecular flexibility index (Phi) is 5.75. The van der Waals surface area contributed by atoms with Gasteiger partial charge in [-0.15, -0.1) is 0 Å². The first kappa shape index (κ1) is 21.0. The van der Waals surface area contributed by atoms with Gasteiger partial charge in [-0.25, -0.2) is 0 Å². The lowest BCUT2D eigenvalue weighted by atomic mass is 9.92. The third-order valence-corrected chi connectivity index (χ3v) is 6.44. The first-order chi connectivity index (χ1) is 14.8. The van der Waals surface area contributed by atoms with Crippen molar-refractivity contribution < 1.29 is 29.1 Å². The summed E-state index contributed by atoms with van der Waals surface area (Å²) in [5.41, 5.74) is 1.69. The zero-order chi connectivity index (χ0) is 22.1. The number of piperidine rings is 2. The van der Waals surface area contributed by atoms with Gasteiger partial charge in [0.05, 0.1) is 0 Å². The van der Waals surface area contributed by atoms with E-state index in [9.17, 15) is 24.0 Å². The highest BCUT2D eigenvalue weighted by Crippen LogP contribution is 2.29. The average molecular weight is 427 g/mol. The van der Waals surface area contributed by atoms with Crippen molar-refractivity contribution >= 4 is 29.6 Å². The van der Waals surface area contributed by atoms with Crippen molar-refractivity contribution in [2.24, 2.45) is 5.92 Å². The highest BCUT2D eigenvalue weighted by Gasteiger charge is 2.39. The number of hydrogen-bond donors (Lipinski definition) is 2. The predicted octanol–water partition coefficient (Wildman–Crippen LogP) is 1.16. The van der Waals surface area contributed by atoms with Gasteiger partial charge in [-0.3, -0.25) is 29.3 Å². The lowest BCUT2D eigenvalue weighted by Crippen LogP contribution is -2.52. The van der Waals surface area contributed by atoms with Crippen LogP contribution in [0.3, 0.4) is 0 Å². The highest BCUT2D eigenvalue weighted by molar-refractivity contribution is 6.06. The number of carbonyl (C=O) groups is 5. The molecule has 2 saturated heterocycles. The molecule has 3 aliphatic heterocycles. The molecule has 2 N–H and O–H groups in total. The standard InChI is InChI=1S/C22H25N3O6/c26-18-5-4-17(20(29)23-18)25-12-15-11-14(2-3-16(15)22(25)31)21(30)24-9-7-13(8-10-24)1-6-19(27)28/h2-3,11,13,17H,1,4-10,12H2,(H,27,28)(H,23,26,29). The molecule has 4 rings (SSSR count). The number of likely N-dealkylation sites (tertiary alicyclic amines) is 1. The lowest BCUT2D eigenvalue weighted by Gasteiger charge is -2.32. The number of rotatable bonds is 5. The number of hydrogen-bond acceptors (Lipinski definition) is 5. The molecule has 0 aromatic heterocycles. The fourth-order valence-corrected chi connectivity index (χ4v) is 4.64. The van der Waals surface area contributed by atoms with Crippen molar-refractivity contribution in [2.45, 2.75) is 51.1 Å². The van der Waals surface area contributed by atoms with Gasteiger partial charge in [0.15, 0.2) is 0 Å². The van der Waals surface area contributed by atoms with E-state index < -0.39 is 17.9 Å². The summed E-state index contributed by atoms with van der Waals surface area (Å²) in [5, 5.41) is 11.1. The van der Waals surface area contributed by atoms with Crippen LogP contribution in [0.15, 0.2) is 18.2 Å². The van der Waals surface area contributed by atoms with E-state index in [1.165, 1.54) is 4.90 Å². The SMILES string of the molecule is O=C(O)CCC1CCN(C(=O)c2ccc3c(c2)CN(C2CCC(=O)NC2=O)C3=O)CC1. The molecule has 164 valence electrons. The summed E-state index contributed by atoms with van der Waals surface area (Å²) in [4.78, 5) is 63.3. The Labute approximate surface area is 179 Å². The maximum Gasteiger partial charge on any atom is 0.303 e. The largest absolute Gasteiger partial charge is 0.481 e. The minimum atomic E-state index is -0.794. The summed E-state index contributed by atoms with van der Waals surface area (Å²) >= 11 is 0. The van der Waals surface area contributed by atoms with E-state index in [0.717, 1.165) is 12.8 Å². The van der Waals surface area contributed by atoms with E-state index in [-0.39, 0.29) is 37.1 Å². The number of aliphatic carboxylic acids is 1. The number of imide groups is 1. The Balaban J connectivity index is 1.40. The molecule has 0 saturated carbocycles. The van der Waals surface area contributed by atoms with Crippen LogP contribution in [0.25, 0.3) is 0 Å². The molecule has 3 heterocycles. The number of carboxylic acid groups (broad SMARTS) is 1. The van der Waals surface area contributed by atoms with Gasteiger partial charge in [-0.2, -0.15) is 0 Å². The second kappa shape index (κ2) is 8.49. The molecule has 0 spiro atoms. The smallest absolute Gasteiger partial charge is 0.303 e. The maximum atomic E-state index is 13.0. The molecule has 0 radical (unpaired) electrons. The Morgan fingerprint density at radius 2 is 1.84 bits per heavy atom. The van der Waals surface area contributed by atoms with Gasteiger partial charge in [0, 0.05) is 43.6 Å². The average Bonchev–Trinajstić information content (AvgIpc) is 3.07. The van der Waals surface area contributed by atoms with Crippen LogP contribution in [-0.2, 0) is 20.9 Å². The molecule has 2 fully saturated rings. The lowest BCUT2D eigenvalue weighted by molar-refractivity contribution is -0.138. The Morgan fingerprint density at radius 1 is 1.10 bits per heavy atom. The van der Waals surface area contributed by atoms with Gasteiger partial charge in [-0.1, -0.05) is 0 Å². The number of nitrogens with zero attached hydrogens (tertiary/aromatic N) is 2. The monoisotopic (exact) mass is 427 g/mol. The molecule has 9 nitrogen and oxygen atoms in total. The molecule has 1 aromatic carbocycles. The van der Waals surface area contributed by atoms with Crippen LogP contribution in [0.5, 0.6) is 0 Å². The fraction of sp³-hybridized carbons (Fsp3) is 0.500. The number of nitrogens with one attached hydrogen (secondary N) is 1. The second-order valence-corrected chi connectivity index (χ2v) is 8.44. The fourth-order valence-electron chi connectivity index (χ4n) is 4.64. The van der Waals surface area contributed by atoms with E-state index in [1.54, 1.807) is 23.1 Å². The molecular formula is C22H25N3O6. The zero-order valence-electron chi connectivity index (χ0n) is 17.1. The van der Waals surface area contributed by atoms with Gasteiger partial charge >= 0.3 is 5.97 Å². The minimum Gasteiger partial charge on any atom is -0.481 e.